The second kappa shape index (κ2) is 5.14. The van der Waals surface area contributed by atoms with Gasteiger partial charge in [0.05, 0.1) is 0 Å². The van der Waals surface area contributed by atoms with Gasteiger partial charge in [0, 0.05) is 6.04 Å². The van der Waals surface area contributed by atoms with Crippen molar-refractivity contribution in [3.63, 3.8) is 0 Å². The molecule has 0 bridgehead atoms. The Balaban J connectivity index is 2.34. The van der Waals surface area contributed by atoms with E-state index in [0.717, 1.165) is 25.7 Å². The standard InChI is InChI=1S/C15H26N2O2/c1-10(2)12-13(18)16-15(8-6-5-7-9-15)14(19)17(12)11(3)4/h10-12H,5-9H2,1-4H3,(H,16,18). The van der Waals surface area contributed by atoms with Crippen molar-refractivity contribution in [1.29, 1.82) is 0 Å². The van der Waals surface area contributed by atoms with Gasteiger partial charge in [-0.25, -0.2) is 0 Å². The summed E-state index contributed by atoms with van der Waals surface area (Å²) >= 11 is 0. The summed E-state index contributed by atoms with van der Waals surface area (Å²) < 4.78 is 0. The summed E-state index contributed by atoms with van der Waals surface area (Å²) in [5.74, 6) is 0.318. The molecule has 0 aromatic heterocycles. The molecule has 1 saturated heterocycles. The first-order chi connectivity index (χ1) is 8.89. The number of nitrogens with one attached hydrogen (secondary N) is 1. The lowest BCUT2D eigenvalue weighted by Gasteiger charge is -2.50. The van der Waals surface area contributed by atoms with Gasteiger partial charge in [0.15, 0.2) is 0 Å². The maximum Gasteiger partial charge on any atom is 0.249 e. The molecule has 1 unspecified atom stereocenters. The third-order valence-electron chi connectivity index (χ3n) is 4.47. The molecule has 1 aliphatic heterocycles. The predicted octanol–water partition coefficient (Wildman–Crippen LogP) is 2.08. The maximum atomic E-state index is 12.9. The number of carbonyl (C=O) groups excluding carboxylic acids is 2. The van der Waals surface area contributed by atoms with Gasteiger partial charge in [0.1, 0.15) is 11.6 Å². The van der Waals surface area contributed by atoms with E-state index >= 15 is 0 Å². The first-order valence-corrected chi connectivity index (χ1v) is 7.54. The molecule has 2 rings (SSSR count). The normalized spacial score (nSPS) is 27.3. The Bertz CT molecular complexity index is 370. The highest BCUT2D eigenvalue weighted by molar-refractivity contribution is 6.00. The van der Waals surface area contributed by atoms with Gasteiger partial charge >= 0.3 is 0 Å². The zero-order valence-corrected chi connectivity index (χ0v) is 12.5. The Kier molecular flexibility index (Phi) is 3.88. The van der Waals surface area contributed by atoms with Crippen molar-refractivity contribution in [2.75, 3.05) is 0 Å². The Hall–Kier alpha value is -1.06. The van der Waals surface area contributed by atoms with E-state index in [-0.39, 0.29) is 29.8 Å². The van der Waals surface area contributed by atoms with E-state index in [4.69, 9.17) is 0 Å². The third-order valence-corrected chi connectivity index (χ3v) is 4.47. The van der Waals surface area contributed by atoms with E-state index in [1.165, 1.54) is 6.42 Å². The van der Waals surface area contributed by atoms with Crippen LogP contribution in [0.3, 0.4) is 0 Å². The first kappa shape index (κ1) is 14.4. The molecule has 1 heterocycles. The van der Waals surface area contributed by atoms with Gasteiger partial charge in [0.25, 0.3) is 0 Å². The quantitative estimate of drug-likeness (QED) is 0.832. The molecule has 2 amide bonds. The zero-order valence-electron chi connectivity index (χ0n) is 12.5. The minimum absolute atomic E-state index is 0.0326. The Morgan fingerprint density at radius 1 is 1.11 bits per heavy atom. The second-order valence-electron chi connectivity index (χ2n) is 6.63. The Morgan fingerprint density at radius 3 is 2.16 bits per heavy atom. The molecular weight excluding hydrogens is 240 g/mol. The zero-order chi connectivity index (χ0) is 14.2. The highest BCUT2D eigenvalue weighted by Crippen LogP contribution is 2.35. The molecule has 19 heavy (non-hydrogen) atoms. The predicted molar refractivity (Wildman–Crippen MR) is 74.6 cm³/mol. The average Bonchev–Trinajstić information content (AvgIpc) is 2.33. The molecule has 1 atom stereocenters. The van der Waals surface area contributed by atoms with E-state index < -0.39 is 5.54 Å². The van der Waals surface area contributed by atoms with Crippen molar-refractivity contribution in [3.05, 3.63) is 0 Å². The third kappa shape index (κ3) is 2.37. The summed E-state index contributed by atoms with van der Waals surface area (Å²) in [5.41, 5.74) is -0.606. The molecule has 1 N–H and O–H groups in total. The van der Waals surface area contributed by atoms with Gasteiger partial charge in [-0.1, -0.05) is 33.1 Å². The number of hydrogen-bond donors (Lipinski definition) is 1. The van der Waals surface area contributed by atoms with E-state index in [1.807, 2.05) is 32.6 Å². The van der Waals surface area contributed by atoms with Gasteiger partial charge in [-0.3, -0.25) is 9.59 Å². The Morgan fingerprint density at radius 2 is 1.68 bits per heavy atom. The van der Waals surface area contributed by atoms with Crippen molar-refractivity contribution >= 4 is 11.8 Å². The first-order valence-electron chi connectivity index (χ1n) is 7.54. The van der Waals surface area contributed by atoms with Crippen LogP contribution in [0.4, 0.5) is 0 Å². The summed E-state index contributed by atoms with van der Waals surface area (Å²) in [5, 5.41) is 3.07. The van der Waals surface area contributed by atoms with Crippen LogP contribution < -0.4 is 5.32 Å². The lowest BCUT2D eigenvalue weighted by molar-refractivity contribution is -0.160. The molecule has 108 valence electrons. The molecule has 1 saturated carbocycles. The van der Waals surface area contributed by atoms with Crippen molar-refractivity contribution in [1.82, 2.24) is 10.2 Å². The molecule has 0 radical (unpaired) electrons. The summed E-state index contributed by atoms with van der Waals surface area (Å²) in [6.07, 6.45) is 4.83. The van der Waals surface area contributed by atoms with Gasteiger partial charge in [-0.2, -0.15) is 0 Å². The SMILES string of the molecule is CC(C)C1C(=O)NC2(CCCCC2)C(=O)N1C(C)C. The molecule has 0 aromatic carbocycles. The number of rotatable bonds is 2. The van der Waals surface area contributed by atoms with E-state index in [9.17, 15) is 9.59 Å². The molecular formula is C15H26N2O2. The van der Waals surface area contributed by atoms with Crippen LogP contribution in [0, 0.1) is 5.92 Å². The number of amides is 2. The number of nitrogens with zero attached hydrogens (tertiary/aromatic N) is 1. The number of piperazine rings is 1. The highest BCUT2D eigenvalue weighted by atomic mass is 16.2. The van der Waals surface area contributed by atoms with Crippen LogP contribution in [-0.4, -0.2) is 34.3 Å². The van der Waals surface area contributed by atoms with Crippen LogP contribution in [0.25, 0.3) is 0 Å². The smallest absolute Gasteiger partial charge is 0.249 e. The minimum atomic E-state index is -0.606. The lowest BCUT2D eigenvalue weighted by atomic mass is 9.77. The van der Waals surface area contributed by atoms with Gasteiger partial charge in [0.2, 0.25) is 11.8 Å². The molecule has 4 nitrogen and oxygen atoms in total. The fourth-order valence-electron chi connectivity index (χ4n) is 3.54. The van der Waals surface area contributed by atoms with Gasteiger partial charge in [-0.15, -0.1) is 0 Å². The van der Waals surface area contributed by atoms with Crippen LogP contribution in [0.5, 0.6) is 0 Å². The van der Waals surface area contributed by atoms with Gasteiger partial charge < -0.3 is 10.2 Å². The number of hydrogen-bond acceptors (Lipinski definition) is 2. The van der Waals surface area contributed by atoms with E-state index in [2.05, 4.69) is 5.32 Å². The topological polar surface area (TPSA) is 49.4 Å². The molecule has 1 spiro atoms. The molecule has 2 aliphatic rings. The van der Waals surface area contributed by atoms with Crippen LogP contribution in [-0.2, 0) is 9.59 Å². The largest absolute Gasteiger partial charge is 0.340 e. The van der Waals surface area contributed by atoms with Gasteiger partial charge in [-0.05, 0) is 32.6 Å². The fourth-order valence-corrected chi connectivity index (χ4v) is 3.54. The van der Waals surface area contributed by atoms with Crippen molar-refractivity contribution in [3.8, 4) is 0 Å². The second-order valence-corrected chi connectivity index (χ2v) is 6.63. The molecule has 0 aromatic rings. The van der Waals surface area contributed by atoms with E-state index in [1.54, 1.807) is 0 Å². The summed E-state index contributed by atoms with van der Waals surface area (Å²) in [7, 11) is 0. The van der Waals surface area contributed by atoms with E-state index in [0.29, 0.717) is 0 Å². The summed E-state index contributed by atoms with van der Waals surface area (Å²) in [6, 6.07) is -0.246. The van der Waals surface area contributed by atoms with Crippen LogP contribution in [0.15, 0.2) is 0 Å². The van der Waals surface area contributed by atoms with Crippen LogP contribution in [0.1, 0.15) is 59.8 Å². The van der Waals surface area contributed by atoms with Crippen molar-refractivity contribution < 1.29 is 9.59 Å². The maximum absolute atomic E-state index is 12.9. The average molecular weight is 266 g/mol. The van der Waals surface area contributed by atoms with Crippen LogP contribution >= 0.6 is 0 Å². The lowest BCUT2D eigenvalue weighted by Crippen LogP contribution is -2.72. The molecule has 4 heteroatoms. The monoisotopic (exact) mass is 266 g/mol. The molecule has 1 aliphatic carbocycles. The summed E-state index contributed by atoms with van der Waals surface area (Å²) in [6.45, 7) is 8.02. The fraction of sp³-hybridized carbons (Fsp3) is 0.867. The minimum Gasteiger partial charge on any atom is -0.340 e. The van der Waals surface area contributed by atoms with Crippen LogP contribution in [0.2, 0.25) is 0 Å². The van der Waals surface area contributed by atoms with Crippen molar-refractivity contribution in [2.24, 2.45) is 5.92 Å². The Labute approximate surface area is 115 Å². The highest BCUT2D eigenvalue weighted by Gasteiger charge is 2.52. The molecule has 2 fully saturated rings. The van der Waals surface area contributed by atoms with Crippen molar-refractivity contribution in [2.45, 2.75) is 77.4 Å². The number of carbonyl (C=O) groups is 2. The summed E-state index contributed by atoms with van der Waals surface area (Å²) in [4.78, 5) is 27.2.